The molecule has 3 aromatic carbocycles. The van der Waals surface area contributed by atoms with E-state index in [2.05, 4.69) is 4.90 Å². The highest BCUT2D eigenvalue weighted by Crippen LogP contribution is 2.29. The molecule has 0 aliphatic carbocycles. The number of rotatable bonds is 6. The van der Waals surface area contributed by atoms with Gasteiger partial charge in [-0.25, -0.2) is 8.42 Å². The summed E-state index contributed by atoms with van der Waals surface area (Å²) in [6, 6.07) is 21.8. The quantitative estimate of drug-likeness (QED) is 0.553. The Labute approximate surface area is 195 Å². The number of ether oxygens (including phenoxy) is 1. The van der Waals surface area contributed by atoms with Crippen LogP contribution in [-0.4, -0.2) is 52.5 Å². The molecule has 1 fully saturated rings. The Morgan fingerprint density at radius 1 is 0.909 bits per heavy atom. The zero-order valence-electron chi connectivity index (χ0n) is 18.9. The molecule has 4 rings (SSSR count). The first-order valence-corrected chi connectivity index (χ1v) is 12.6. The van der Waals surface area contributed by atoms with Crippen LogP contribution in [0.15, 0.2) is 77.7 Å². The molecule has 1 aliphatic heterocycles. The number of methoxy groups -OCH3 is 1. The minimum absolute atomic E-state index is 0.0951. The summed E-state index contributed by atoms with van der Waals surface area (Å²) in [5.74, 6) is 0.579. The molecule has 0 unspecified atom stereocenters. The Hall–Kier alpha value is -3.32. The van der Waals surface area contributed by atoms with Gasteiger partial charge in [-0.1, -0.05) is 48.5 Å². The molecular formula is C26H28N2O4S. The highest BCUT2D eigenvalue weighted by Gasteiger charge is 2.26. The molecule has 1 aliphatic rings. The summed E-state index contributed by atoms with van der Waals surface area (Å²) in [5.41, 5.74) is 2.94. The summed E-state index contributed by atoms with van der Waals surface area (Å²) < 4.78 is 31.4. The van der Waals surface area contributed by atoms with Crippen LogP contribution < -0.4 is 9.64 Å². The third kappa shape index (κ3) is 5.03. The van der Waals surface area contributed by atoms with Gasteiger partial charge in [-0.15, -0.1) is 0 Å². The van der Waals surface area contributed by atoms with Crippen molar-refractivity contribution in [3.8, 4) is 5.75 Å². The normalized spacial score (nSPS) is 14.2. The van der Waals surface area contributed by atoms with E-state index in [0.717, 1.165) is 22.6 Å². The van der Waals surface area contributed by atoms with Crippen molar-refractivity contribution in [1.82, 2.24) is 4.90 Å². The van der Waals surface area contributed by atoms with Gasteiger partial charge in [-0.05, 0) is 42.3 Å². The molecular weight excluding hydrogens is 436 g/mol. The first-order chi connectivity index (χ1) is 15.9. The summed E-state index contributed by atoms with van der Waals surface area (Å²) in [5, 5.41) is 0. The van der Waals surface area contributed by atoms with Crippen LogP contribution in [0.1, 0.15) is 21.5 Å². The molecule has 0 aromatic heterocycles. The zero-order valence-corrected chi connectivity index (χ0v) is 19.7. The molecule has 0 saturated carbocycles. The summed E-state index contributed by atoms with van der Waals surface area (Å²) in [7, 11) is -1.91. The number of piperazine rings is 1. The molecule has 0 bridgehead atoms. The van der Waals surface area contributed by atoms with E-state index in [1.54, 1.807) is 36.3 Å². The number of nitrogens with zero attached hydrogens (tertiary/aromatic N) is 2. The predicted octanol–water partition coefficient (Wildman–Crippen LogP) is 3.94. The number of sulfone groups is 1. The van der Waals surface area contributed by atoms with Crippen molar-refractivity contribution in [3.63, 3.8) is 0 Å². The van der Waals surface area contributed by atoms with Gasteiger partial charge in [0, 0.05) is 31.7 Å². The molecule has 0 N–H and O–H groups in total. The molecule has 3 aromatic rings. The Kier molecular flexibility index (Phi) is 6.70. The SMILES string of the molecule is COc1ccccc1N1CCN(C(=O)c2cc(S(=O)(=O)Cc3ccccc3)ccc2C)CC1. The number of aryl methyl sites for hydroxylation is 1. The molecule has 1 amide bonds. The van der Waals surface area contributed by atoms with Crippen LogP contribution in [0.4, 0.5) is 5.69 Å². The van der Waals surface area contributed by atoms with Gasteiger partial charge in [0.25, 0.3) is 5.91 Å². The largest absolute Gasteiger partial charge is 0.495 e. The molecule has 6 nitrogen and oxygen atoms in total. The Morgan fingerprint density at radius 2 is 1.58 bits per heavy atom. The minimum atomic E-state index is -3.56. The van der Waals surface area contributed by atoms with Crippen molar-refractivity contribution in [2.75, 3.05) is 38.2 Å². The lowest BCUT2D eigenvalue weighted by molar-refractivity contribution is 0.0745. The maximum Gasteiger partial charge on any atom is 0.254 e. The van der Waals surface area contributed by atoms with Crippen LogP contribution in [0.5, 0.6) is 5.75 Å². The first kappa shape index (κ1) is 22.9. The summed E-state index contributed by atoms with van der Waals surface area (Å²) >= 11 is 0. The number of carbonyl (C=O) groups is 1. The van der Waals surface area contributed by atoms with Gasteiger partial charge in [0.05, 0.1) is 23.4 Å². The monoisotopic (exact) mass is 464 g/mol. The highest BCUT2D eigenvalue weighted by atomic mass is 32.2. The number of carbonyl (C=O) groups excluding carboxylic acids is 1. The van der Waals surface area contributed by atoms with Gasteiger partial charge in [0.1, 0.15) is 5.75 Å². The molecule has 33 heavy (non-hydrogen) atoms. The summed E-state index contributed by atoms with van der Waals surface area (Å²) in [4.78, 5) is 17.5. The van der Waals surface area contributed by atoms with Crippen LogP contribution in [0.25, 0.3) is 0 Å². The van der Waals surface area contributed by atoms with E-state index in [1.165, 1.54) is 6.07 Å². The van der Waals surface area contributed by atoms with Crippen molar-refractivity contribution in [1.29, 1.82) is 0 Å². The van der Waals surface area contributed by atoms with E-state index in [9.17, 15) is 13.2 Å². The lowest BCUT2D eigenvalue weighted by atomic mass is 10.1. The highest BCUT2D eigenvalue weighted by molar-refractivity contribution is 7.90. The van der Waals surface area contributed by atoms with E-state index in [4.69, 9.17) is 4.74 Å². The van der Waals surface area contributed by atoms with Gasteiger partial charge >= 0.3 is 0 Å². The molecule has 0 atom stereocenters. The average molecular weight is 465 g/mol. The smallest absolute Gasteiger partial charge is 0.254 e. The molecule has 172 valence electrons. The average Bonchev–Trinajstić information content (AvgIpc) is 2.84. The Morgan fingerprint density at radius 3 is 2.27 bits per heavy atom. The van der Waals surface area contributed by atoms with Gasteiger partial charge < -0.3 is 14.5 Å². The topological polar surface area (TPSA) is 66.9 Å². The molecule has 0 radical (unpaired) electrons. The summed E-state index contributed by atoms with van der Waals surface area (Å²) in [6.07, 6.45) is 0. The number of benzene rings is 3. The first-order valence-electron chi connectivity index (χ1n) is 10.9. The third-order valence-electron chi connectivity index (χ3n) is 5.99. The lowest BCUT2D eigenvalue weighted by Crippen LogP contribution is -2.49. The van der Waals surface area contributed by atoms with Gasteiger partial charge in [0.2, 0.25) is 0 Å². The van der Waals surface area contributed by atoms with Crippen molar-refractivity contribution >= 4 is 21.4 Å². The maximum atomic E-state index is 13.3. The van der Waals surface area contributed by atoms with E-state index < -0.39 is 9.84 Å². The standard InChI is InChI=1S/C26H28N2O4S/c1-20-12-13-22(33(30,31)19-21-8-4-3-5-9-21)18-23(20)26(29)28-16-14-27(15-17-28)24-10-6-7-11-25(24)32-2/h3-13,18H,14-17,19H2,1-2H3. The second-order valence-electron chi connectivity index (χ2n) is 8.17. The summed E-state index contributed by atoms with van der Waals surface area (Å²) in [6.45, 7) is 4.30. The molecule has 1 saturated heterocycles. The fourth-order valence-corrected chi connectivity index (χ4v) is 5.48. The van der Waals surface area contributed by atoms with Crippen molar-refractivity contribution in [3.05, 3.63) is 89.5 Å². The van der Waals surface area contributed by atoms with Crippen LogP contribution >= 0.6 is 0 Å². The number of anilines is 1. The third-order valence-corrected chi connectivity index (χ3v) is 7.68. The van der Waals surface area contributed by atoms with Crippen LogP contribution in [0.3, 0.4) is 0 Å². The second-order valence-corrected chi connectivity index (χ2v) is 10.2. The molecule has 0 spiro atoms. The van der Waals surface area contributed by atoms with Gasteiger partial charge in [-0.3, -0.25) is 4.79 Å². The van der Waals surface area contributed by atoms with E-state index in [-0.39, 0.29) is 16.6 Å². The Bertz CT molecular complexity index is 1230. The van der Waals surface area contributed by atoms with Crippen LogP contribution in [0, 0.1) is 6.92 Å². The van der Waals surface area contributed by atoms with Crippen LogP contribution in [-0.2, 0) is 15.6 Å². The van der Waals surface area contributed by atoms with E-state index >= 15 is 0 Å². The van der Waals surface area contributed by atoms with Crippen LogP contribution in [0.2, 0.25) is 0 Å². The van der Waals surface area contributed by atoms with Crippen molar-refractivity contribution < 1.29 is 17.9 Å². The van der Waals surface area contributed by atoms with Crippen molar-refractivity contribution in [2.24, 2.45) is 0 Å². The van der Waals surface area contributed by atoms with Gasteiger partial charge in [0.15, 0.2) is 9.84 Å². The second kappa shape index (κ2) is 9.67. The molecule has 1 heterocycles. The van der Waals surface area contributed by atoms with Gasteiger partial charge in [-0.2, -0.15) is 0 Å². The number of hydrogen-bond donors (Lipinski definition) is 0. The fourth-order valence-electron chi connectivity index (χ4n) is 4.11. The van der Waals surface area contributed by atoms with E-state index in [0.29, 0.717) is 31.7 Å². The number of para-hydroxylation sites is 2. The minimum Gasteiger partial charge on any atom is -0.495 e. The number of amides is 1. The van der Waals surface area contributed by atoms with Crippen molar-refractivity contribution in [2.45, 2.75) is 17.6 Å². The molecule has 7 heteroatoms. The maximum absolute atomic E-state index is 13.3. The fraction of sp³-hybridized carbons (Fsp3) is 0.269. The zero-order chi connectivity index (χ0) is 23.4. The van der Waals surface area contributed by atoms with E-state index in [1.807, 2.05) is 49.4 Å². The lowest BCUT2D eigenvalue weighted by Gasteiger charge is -2.36. The Balaban J connectivity index is 1.50. The number of hydrogen-bond acceptors (Lipinski definition) is 5. The predicted molar refractivity (Wildman–Crippen MR) is 130 cm³/mol.